The quantitative estimate of drug-likeness (QED) is 0.175. The van der Waals surface area contributed by atoms with E-state index in [-0.39, 0.29) is 0 Å². The van der Waals surface area contributed by atoms with Crippen molar-refractivity contribution in [2.45, 2.75) is 0 Å². The smallest absolute Gasteiger partial charge is 0.170 e. The highest BCUT2D eigenvalue weighted by molar-refractivity contribution is 6.24. The number of hydrogen-bond donors (Lipinski definition) is 0. The predicted octanol–water partition coefficient (Wildman–Crippen LogP) is 16.0. The van der Waals surface area contributed by atoms with Crippen molar-refractivity contribution in [2.75, 3.05) is 0 Å². The van der Waals surface area contributed by atoms with E-state index in [4.69, 9.17) is 28.2 Å². The van der Waals surface area contributed by atoms with Gasteiger partial charge in [0.1, 0.15) is 33.5 Å². The molecular weight excluding hydrogens is 813 g/mol. The van der Waals surface area contributed by atoms with Crippen molar-refractivity contribution >= 4 is 109 Å². The fourth-order valence-corrected chi connectivity index (χ4v) is 10.4. The van der Waals surface area contributed by atoms with Gasteiger partial charge in [-0.15, -0.1) is 0 Å². The van der Waals surface area contributed by atoms with E-state index in [1.165, 1.54) is 21.5 Å². The van der Waals surface area contributed by atoms with Gasteiger partial charge < -0.3 is 17.8 Å². The number of hydrogen-bond acceptors (Lipinski definition) is 6. The fraction of sp³-hybridized carbons (Fsp3) is 0. The summed E-state index contributed by atoms with van der Waals surface area (Å²) in [6.07, 6.45) is 0. The van der Waals surface area contributed by atoms with E-state index in [0.29, 0.717) is 23.1 Å². The van der Waals surface area contributed by atoms with Gasteiger partial charge in [0.15, 0.2) is 17.5 Å². The molecule has 0 N–H and O–H groups in total. The molecule has 5 aromatic heterocycles. The zero-order valence-electron chi connectivity index (χ0n) is 35.0. The largest absolute Gasteiger partial charge is 0.456 e. The molecule has 0 saturated heterocycles. The van der Waals surface area contributed by atoms with Crippen molar-refractivity contribution in [2.24, 2.45) is 0 Å². The number of rotatable bonds is 4. The van der Waals surface area contributed by atoms with Crippen LogP contribution in [0.15, 0.2) is 207 Å². The maximum Gasteiger partial charge on any atom is 0.170 e. The first kappa shape index (κ1) is 35.4. The van der Waals surface area contributed by atoms with E-state index < -0.39 is 0 Å². The number of para-hydroxylation sites is 3. The molecule has 0 aliphatic heterocycles. The average Bonchev–Trinajstić information content (AvgIpc) is 4.13. The molecular formula is C59H32N4O3. The van der Waals surface area contributed by atoms with Gasteiger partial charge in [0.2, 0.25) is 0 Å². The monoisotopic (exact) mass is 844 g/mol. The second kappa shape index (κ2) is 13.2. The van der Waals surface area contributed by atoms with Gasteiger partial charge >= 0.3 is 0 Å². The highest BCUT2D eigenvalue weighted by Gasteiger charge is 2.26. The van der Waals surface area contributed by atoms with Gasteiger partial charge in [-0.3, -0.25) is 0 Å². The summed E-state index contributed by atoms with van der Waals surface area (Å²) in [4.78, 5) is 16.3. The minimum atomic E-state index is 0.487. The maximum absolute atomic E-state index is 6.98. The molecule has 0 unspecified atom stereocenters. The van der Waals surface area contributed by atoms with Crippen LogP contribution in [0.4, 0.5) is 0 Å². The number of aromatic nitrogens is 4. The van der Waals surface area contributed by atoms with Crippen LogP contribution < -0.4 is 0 Å². The Kier molecular flexibility index (Phi) is 7.10. The molecule has 15 rings (SSSR count). The Hall–Kier alpha value is -9.07. The maximum atomic E-state index is 6.98. The first-order valence-electron chi connectivity index (χ1n) is 22.1. The van der Waals surface area contributed by atoms with E-state index in [1.807, 2.05) is 72.8 Å². The standard InChI is InChI=1S/C59H32N4O3/c1-2-13-35-32-48-45(29-34(35)12-1)54-38-14-4-3-11-33(38)21-25-46(54)63(48)47-26-24-42-39-15-5-10-20-51(39)66-56(42)55(47)59-61-57(36-22-27-52-43(30-36)40-16-6-8-18-49(40)64-52)60-58(62-59)37-23-28-53-44(31-37)41-17-7-9-19-50(41)65-53/h1-32H. The molecule has 7 heteroatoms. The van der Waals surface area contributed by atoms with E-state index in [0.717, 1.165) is 104 Å². The Bertz CT molecular complexity index is 4420. The predicted molar refractivity (Wildman–Crippen MR) is 267 cm³/mol. The molecule has 0 aliphatic rings. The van der Waals surface area contributed by atoms with Crippen LogP contribution in [0.3, 0.4) is 0 Å². The Labute approximate surface area is 374 Å². The summed E-state index contributed by atoms with van der Waals surface area (Å²) in [5.74, 6) is 1.54. The van der Waals surface area contributed by atoms with Crippen LogP contribution in [-0.4, -0.2) is 19.5 Å². The van der Waals surface area contributed by atoms with Crippen molar-refractivity contribution in [3.63, 3.8) is 0 Å². The van der Waals surface area contributed by atoms with E-state index in [2.05, 4.69) is 126 Å². The number of fused-ring (bicyclic) bond motifs is 15. The minimum Gasteiger partial charge on any atom is -0.456 e. The molecule has 0 saturated carbocycles. The molecule has 0 bridgehead atoms. The van der Waals surface area contributed by atoms with Crippen molar-refractivity contribution in [1.29, 1.82) is 0 Å². The lowest BCUT2D eigenvalue weighted by Crippen LogP contribution is -2.04. The molecule has 7 nitrogen and oxygen atoms in total. The summed E-state index contributed by atoms with van der Waals surface area (Å²) >= 11 is 0. The topological polar surface area (TPSA) is 83.0 Å². The summed E-state index contributed by atoms with van der Waals surface area (Å²) < 4.78 is 21.9. The average molecular weight is 845 g/mol. The number of benzene rings is 10. The van der Waals surface area contributed by atoms with Crippen molar-refractivity contribution < 1.29 is 13.3 Å². The van der Waals surface area contributed by atoms with Gasteiger partial charge in [-0.05, 0) is 106 Å². The van der Waals surface area contributed by atoms with Gasteiger partial charge in [0.25, 0.3) is 0 Å². The highest BCUT2D eigenvalue weighted by atomic mass is 16.3. The Balaban J connectivity index is 1.08. The van der Waals surface area contributed by atoms with Crippen LogP contribution in [0, 0.1) is 0 Å². The van der Waals surface area contributed by atoms with Crippen LogP contribution in [0.2, 0.25) is 0 Å². The van der Waals surface area contributed by atoms with Crippen LogP contribution in [0.25, 0.3) is 149 Å². The third kappa shape index (κ3) is 5.05. The van der Waals surface area contributed by atoms with Crippen LogP contribution in [-0.2, 0) is 0 Å². The van der Waals surface area contributed by atoms with E-state index >= 15 is 0 Å². The zero-order valence-corrected chi connectivity index (χ0v) is 35.0. The lowest BCUT2D eigenvalue weighted by atomic mass is 10.0. The van der Waals surface area contributed by atoms with Crippen molar-refractivity contribution in [1.82, 2.24) is 19.5 Å². The second-order valence-corrected chi connectivity index (χ2v) is 17.1. The molecule has 66 heavy (non-hydrogen) atoms. The molecule has 0 amide bonds. The highest BCUT2D eigenvalue weighted by Crippen LogP contribution is 2.45. The summed E-state index contributed by atoms with van der Waals surface area (Å²) in [7, 11) is 0. The number of furan rings is 3. The fourth-order valence-electron chi connectivity index (χ4n) is 10.4. The summed E-state index contributed by atoms with van der Waals surface area (Å²) in [5.41, 5.74) is 10.2. The Morgan fingerprint density at radius 2 is 0.833 bits per heavy atom. The third-order valence-corrected chi connectivity index (χ3v) is 13.4. The van der Waals surface area contributed by atoms with Crippen LogP contribution >= 0.6 is 0 Å². The van der Waals surface area contributed by atoms with Crippen molar-refractivity contribution in [3.8, 4) is 39.9 Å². The zero-order chi connectivity index (χ0) is 43.0. The number of nitrogens with zero attached hydrogens (tertiary/aromatic N) is 4. The van der Waals surface area contributed by atoms with Crippen LogP contribution in [0.1, 0.15) is 0 Å². The van der Waals surface area contributed by atoms with Crippen molar-refractivity contribution in [3.05, 3.63) is 194 Å². The molecule has 0 radical (unpaired) electrons. The Morgan fingerprint density at radius 1 is 0.318 bits per heavy atom. The molecule has 0 aliphatic carbocycles. The van der Waals surface area contributed by atoms with Gasteiger partial charge in [0.05, 0.1) is 22.3 Å². The molecule has 5 heterocycles. The summed E-state index contributed by atoms with van der Waals surface area (Å²) in [6, 6.07) is 67.5. The second-order valence-electron chi connectivity index (χ2n) is 17.1. The summed E-state index contributed by atoms with van der Waals surface area (Å²) in [6.45, 7) is 0. The first-order chi connectivity index (χ1) is 32.7. The first-order valence-corrected chi connectivity index (χ1v) is 22.1. The van der Waals surface area contributed by atoms with Crippen LogP contribution in [0.5, 0.6) is 0 Å². The molecule has 15 aromatic rings. The normalized spacial score (nSPS) is 12.2. The molecule has 0 fully saturated rings. The lowest BCUT2D eigenvalue weighted by molar-refractivity contribution is 0.668. The molecule has 0 atom stereocenters. The minimum absolute atomic E-state index is 0.487. The Morgan fingerprint density at radius 3 is 1.48 bits per heavy atom. The van der Waals surface area contributed by atoms with Gasteiger partial charge in [-0.2, -0.15) is 0 Å². The third-order valence-electron chi connectivity index (χ3n) is 13.4. The SMILES string of the molecule is c1ccc2cc3c(cc2c1)c1c2ccccc2ccc1n3-c1ccc2c(oc3ccccc32)c1-c1nc(-c2ccc3oc4ccccc4c3c2)nc(-c2ccc3oc4ccccc4c3c2)n1. The van der Waals surface area contributed by atoms with Gasteiger partial charge in [-0.1, -0.05) is 109 Å². The molecule has 10 aromatic carbocycles. The summed E-state index contributed by atoms with van der Waals surface area (Å²) in [5, 5.41) is 13.1. The van der Waals surface area contributed by atoms with Gasteiger partial charge in [-0.25, -0.2) is 15.0 Å². The van der Waals surface area contributed by atoms with Gasteiger partial charge in [0, 0.05) is 54.2 Å². The van der Waals surface area contributed by atoms with E-state index in [1.54, 1.807) is 0 Å². The molecule has 0 spiro atoms. The molecule has 306 valence electrons. The lowest BCUT2D eigenvalue weighted by Gasteiger charge is -2.15. The van der Waals surface area contributed by atoms with E-state index in [9.17, 15) is 0 Å².